The summed E-state index contributed by atoms with van der Waals surface area (Å²) in [5, 5.41) is 22.5. The maximum atomic E-state index is 6.59. The second-order valence-corrected chi connectivity index (χ2v) is 37.4. The van der Waals surface area contributed by atoms with E-state index in [1.807, 2.05) is 0 Å². The fourth-order valence-electron chi connectivity index (χ4n) is 24.3. The molecule has 606 valence electrons. The molecule has 0 fully saturated rings. The molecule has 28 rings (SSSR count). The minimum atomic E-state index is -0.394. The summed E-state index contributed by atoms with van der Waals surface area (Å²) in [5.41, 5.74) is 40.4. The number of rotatable bonds is 7. The average Bonchev–Trinajstić information content (AvgIpc) is 1.51. The lowest BCUT2D eigenvalue weighted by atomic mass is 9.70. The Bertz CT molecular complexity index is 8870. The maximum Gasteiger partial charge on any atom is 0.135 e. The molecule has 130 heavy (non-hydrogen) atoms. The zero-order valence-electron chi connectivity index (χ0n) is 72.5. The van der Waals surface area contributed by atoms with Crippen LogP contribution in [-0.4, -0.2) is 0 Å². The molecule has 0 N–H and O–H groups in total. The van der Waals surface area contributed by atoms with E-state index in [1.165, 1.54) is 253 Å². The summed E-state index contributed by atoms with van der Waals surface area (Å²) in [6.07, 6.45) is 0. The SMILES string of the molecule is CC1(C)c2ccc(-c3ccc(-c4c5ccccc5c(-c5ccc6c(c5)C5(c7ccccc7-c7ccccc75)c5ccccc5-6)c5ccccc45)cc3)cc2-c2c1ccc1ccccc21.CC1(C)c2ccc(-c3ccc4oc5ccc(-c6c7ccccc7c(-c7ccccc7-c7cc8ccccc8c8ccccc78)c7ccccc67)cc5c4c3)cc2-c2c1ccc1ccccc21. The van der Waals surface area contributed by atoms with Crippen molar-refractivity contribution >= 4 is 108 Å². The summed E-state index contributed by atoms with van der Waals surface area (Å²) >= 11 is 0. The molecule has 23 aromatic carbocycles. The molecule has 4 aliphatic rings. The standard InChI is InChI=1S/C65H42O.C64H42/c1-65(2)58-31-28-40(36-57(58)64-45-18-6-3-15-39(45)27-32-59(64)65)41-29-33-60-55(35-41)56-38-43(30-34-61(56)66-60)62-50-23-11-13-25-52(50)63(53-26-14-12-24-51(53)62)49-22-10-9-21-48(49)54-37-42-16-4-5-17-44(42)46-19-7-8-20-47(46)54;1-63(2)54-35-33-42(37-53(54)62-44-16-4-3-15-40(44)32-36-58(62)63)39-27-29-41(30-28-39)60-49-20-5-7-22-51(49)61(52-23-8-6-21-50(52)60)43-31-34-48-47-19-11-14-26-57(47)64(59(48)38-43)55-24-12-9-17-45(55)46-18-10-13-25-56(46)64/h3-38H,1-2H3;3-38H,1-2H3. The van der Waals surface area contributed by atoms with Gasteiger partial charge in [0.05, 0.1) is 5.41 Å². The molecule has 0 unspecified atom stereocenters. The van der Waals surface area contributed by atoms with Crippen LogP contribution >= 0.6 is 0 Å². The monoisotopic (exact) mass is 1650 g/mol. The lowest BCUT2D eigenvalue weighted by molar-refractivity contribution is 0.661. The van der Waals surface area contributed by atoms with Gasteiger partial charge in [-0.2, -0.15) is 0 Å². The van der Waals surface area contributed by atoms with Gasteiger partial charge in [-0.25, -0.2) is 0 Å². The Kier molecular flexibility index (Phi) is 16.0. The van der Waals surface area contributed by atoms with Crippen molar-refractivity contribution in [1.29, 1.82) is 0 Å². The third-order valence-corrected chi connectivity index (χ3v) is 30.1. The first-order valence-electron chi connectivity index (χ1n) is 45.7. The van der Waals surface area contributed by atoms with Crippen LogP contribution in [0.25, 0.3) is 231 Å². The van der Waals surface area contributed by atoms with Crippen LogP contribution in [0.1, 0.15) is 72.2 Å². The third-order valence-electron chi connectivity index (χ3n) is 30.1. The molecule has 0 aliphatic heterocycles. The molecule has 0 radical (unpaired) electrons. The topological polar surface area (TPSA) is 13.1 Å². The lowest BCUT2D eigenvalue weighted by Gasteiger charge is -2.30. The van der Waals surface area contributed by atoms with Crippen molar-refractivity contribution in [3.63, 3.8) is 0 Å². The van der Waals surface area contributed by atoms with Gasteiger partial charge in [-0.15, -0.1) is 0 Å². The van der Waals surface area contributed by atoms with Crippen LogP contribution in [0.2, 0.25) is 0 Å². The molecule has 1 nitrogen and oxygen atoms in total. The largest absolute Gasteiger partial charge is 0.456 e. The Morgan fingerprint density at radius 1 is 0.146 bits per heavy atom. The van der Waals surface area contributed by atoms with E-state index >= 15 is 0 Å². The number of hydrogen-bond acceptors (Lipinski definition) is 1. The van der Waals surface area contributed by atoms with E-state index in [0.29, 0.717) is 0 Å². The van der Waals surface area contributed by atoms with Gasteiger partial charge in [0.2, 0.25) is 0 Å². The van der Waals surface area contributed by atoms with E-state index in [1.54, 1.807) is 0 Å². The highest BCUT2D eigenvalue weighted by Gasteiger charge is 2.52. The predicted octanol–water partition coefficient (Wildman–Crippen LogP) is 35.1. The second-order valence-electron chi connectivity index (χ2n) is 37.4. The van der Waals surface area contributed by atoms with Crippen LogP contribution in [0.5, 0.6) is 0 Å². The molecular formula is C129H84O. The summed E-state index contributed by atoms with van der Waals surface area (Å²) in [6, 6.07) is 164. The van der Waals surface area contributed by atoms with Crippen LogP contribution in [0, 0.1) is 0 Å². The van der Waals surface area contributed by atoms with E-state index in [4.69, 9.17) is 4.42 Å². The van der Waals surface area contributed by atoms with Crippen molar-refractivity contribution in [1.82, 2.24) is 0 Å². The molecule has 24 aromatic rings. The molecule has 1 aromatic heterocycles. The van der Waals surface area contributed by atoms with Gasteiger partial charge in [0, 0.05) is 21.6 Å². The maximum absolute atomic E-state index is 6.59. The van der Waals surface area contributed by atoms with Crippen molar-refractivity contribution in [3.8, 4) is 122 Å². The van der Waals surface area contributed by atoms with Gasteiger partial charge in [-0.1, -0.05) is 416 Å². The molecule has 1 spiro atoms. The highest BCUT2D eigenvalue weighted by atomic mass is 16.3. The van der Waals surface area contributed by atoms with Crippen LogP contribution in [-0.2, 0) is 16.2 Å². The molecule has 0 saturated heterocycles. The molecule has 0 amide bonds. The fraction of sp³-hybridized carbons (Fsp3) is 0.0543. The van der Waals surface area contributed by atoms with Crippen molar-refractivity contribution in [2.75, 3.05) is 0 Å². The van der Waals surface area contributed by atoms with Crippen molar-refractivity contribution in [2.45, 2.75) is 43.9 Å². The average molecular weight is 1650 g/mol. The first-order valence-corrected chi connectivity index (χ1v) is 45.7. The summed E-state index contributed by atoms with van der Waals surface area (Å²) < 4.78 is 6.59. The normalized spacial score (nSPS) is 13.7. The van der Waals surface area contributed by atoms with Crippen LogP contribution < -0.4 is 0 Å². The number of benzene rings is 23. The lowest BCUT2D eigenvalue weighted by Crippen LogP contribution is -2.25. The van der Waals surface area contributed by atoms with E-state index in [0.717, 1.165) is 21.9 Å². The van der Waals surface area contributed by atoms with Crippen LogP contribution in [0.15, 0.2) is 441 Å². The van der Waals surface area contributed by atoms with Gasteiger partial charge in [-0.3, -0.25) is 0 Å². The van der Waals surface area contributed by atoms with Crippen molar-refractivity contribution in [3.05, 3.63) is 481 Å². The van der Waals surface area contributed by atoms with E-state index in [9.17, 15) is 0 Å². The summed E-state index contributed by atoms with van der Waals surface area (Å²) in [7, 11) is 0. The molecule has 0 atom stereocenters. The van der Waals surface area contributed by atoms with Gasteiger partial charge in [0.1, 0.15) is 11.2 Å². The number of fused-ring (bicyclic) bond motifs is 30. The molecule has 1 heterocycles. The van der Waals surface area contributed by atoms with Gasteiger partial charge >= 0.3 is 0 Å². The first-order chi connectivity index (χ1) is 64.0. The van der Waals surface area contributed by atoms with Gasteiger partial charge in [0.15, 0.2) is 0 Å². The fourth-order valence-corrected chi connectivity index (χ4v) is 24.3. The number of furan rings is 1. The molecule has 4 aliphatic carbocycles. The predicted molar refractivity (Wildman–Crippen MR) is 550 cm³/mol. The third kappa shape index (κ3) is 10.6. The van der Waals surface area contributed by atoms with Crippen molar-refractivity contribution in [2.24, 2.45) is 0 Å². The molecule has 0 saturated carbocycles. The zero-order valence-corrected chi connectivity index (χ0v) is 72.5. The summed E-state index contributed by atoms with van der Waals surface area (Å²) in [4.78, 5) is 0. The van der Waals surface area contributed by atoms with Crippen LogP contribution in [0.3, 0.4) is 0 Å². The van der Waals surface area contributed by atoms with Gasteiger partial charge in [0.25, 0.3) is 0 Å². The number of hydrogen-bond donors (Lipinski definition) is 0. The van der Waals surface area contributed by atoms with Crippen LogP contribution in [0.4, 0.5) is 0 Å². The molecular weight excluding hydrogens is 1570 g/mol. The minimum Gasteiger partial charge on any atom is -0.456 e. The summed E-state index contributed by atoms with van der Waals surface area (Å²) in [6.45, 7) is 9.46. The second kappa shape index (κ2) is 28.0. The smallest absolute Gasteiger partial charge is 0.135 e. The Morgan fingerprint density at radius 3 is 0.969 bits per heavy atom. The Hall–Kier alpha value is -16.1. The van der Waals surface area contributed by atoms with Crippen molar-refractivity contribution < 1.29 is 4.42 Å². The Balaban J connectivity index is 0.000000134. The minimum absolute atomic E-state index is 0.0507. The van der Waals surface area contributed by atoms with E-state index in [2.05, 4.69) is 464 Å². The first kappa shape index (κ1) is 74.2. The van der Waals surface area contributed by atoms with Gasteiger partial charge < -0.3 is 4.42 Å². The highest BCUT2D eigenvalue weighted by Crippen LogP contribution is 2.64. The summed E-state index contributed by atoms with van der Waals surface area (Å²) in [5.74, 6) is 0. The van der Waals surface area contributed by atoms with E-state index < -0.39 is 5.41 Å². The molecule has 0 bridgehead atoms. The quantitative estimate of drug-likeness (QED) is 0.114. The zero-order chi connectivity index (χ0) is 86.0. The Labute approximate surface area is 754 Å². The highest BCUT2D eigenvalue weighted by molar-refractivity contribution is 6.26. The Morgan fingerprint density at radius 2 is 0.469 bits per heavy atom. The van der Waals surface area contributed by atoms with E-state index in [-0.39, 0.29) is 10.8 Å². The van der Waals surface area contributed by atoms with Gasteiger partial charge in [-0.05, 0) is 302 Å². The molecule has 1 heteroatoms.